The zero-order valence-corrected chi connectivity index (χ0v) is 14.6. The largest absolute Gasteiger partial charge is 0.355 e. The van der Waals surface area contributed by atoms with E-state index in [4.69, 9.17) is 0 Å². The second-order valence-electron chi connectivity index (χ2n) is 5.85. The predicted molar refractivity (Wildman–Crippen MR) is 94.0 cm³/mol. The van der Waals surface area contributed by atoms with E-state index in [1.165, 1.54) is 0 Å². The number of amides is 2. The van der Waals surface area contributed by atoms with Crippen molar-refractivity contribution in [2.75, 3.05) is 33.2 Å². The molecule has 1 aliphatic rings. The fourth-order valence-corrected chi connectivity index (χ4v) is 2.71. The van der Waals surface area contributed by atoms with E-state index in [-0.39, 0.29) is 30.1 Å². The van der Waals surface area contributed by atoms with Crippen LogP contribution in [0.1, 0.15) is 28.8 Å². The van der Waals surface area contributed by atoms with E-state index in [2.05, 4.69) is 10.6 Å². The summed E-state index contributed by atoms with van der Waals surface area (Å²) in [5, 5.41) is 5.92. The molecule has 0 radical (unpaired) electrons. The van der Waals surface area contributed by atoms with Crippen molar-refractivity contribution in [3.63, 3.8) is 0 Å². The second-order valence-corrected chi connectivity index (χ2v) is 5.85. The highest BCUT2D eigenvalue weighted by Crippen LogP contribution is 2.19. The van der Waals surface area contributed by atoms with Gasteiger partial charge in [-0.25, -0.2) is 0 Å². The maximum atomic E-state index is 12.5. The van der Waals surface area contributed by atoms with E-state index in [1.54, 1.807) is 4.90 Å². The Kier molecular flexibility index (Phi) is 8.06. The minimum atomic E-state index is -0.0972. The van der Waals surface area contributed by atoms with Gasteiger partial charge in [-0.1, -0.05) is 17.7 Å². The van der Waals surface area contributed by atoms with Gasteiger partial charge in [0.15, 0.2) is 0 Å². The van der Waals surface area contributed by atoms with Gasteiger partial charge in [0.25, 0.3) is 5.91 Å². The number of likely N-dealkylation sites (tertiary alicyclic amines) is 1. The highest BCUT2D eigenvalue weighted by molar-refractivity contribution is 5.94. The number of nitrogens with one attached hydrogen (secondary N) is 2. The minimum absolute atomic E-state index is 0. The third-order valence-corrected chi connectivity index (χ3v) is 4.05. The number of hydrogen-bond donors (Lipinski definition) is 2. The molecule has 0 saturated carbocycles. The van der Waals surface area contributed by atoms with E-state index < -0.39 is 0 Å². The summed E-state index contributed by atoms with van der Waals surface area (Å²) >= 11 is 0. The van der Waals surface area contributed by atoms with Gasteiger partial charge in [0, 0.05) is 31.7 Å². The molecule has 0 aromatic heterocycles. The number of likely N-dealkylation sites (N-methyl/N-ethyl adjacent to an activating group) is 1. The number of hydrogen-bond acceptors (Lipinski definition) is 3. The highest BCUT2D eigenvalue weighted by atomic mass is 35.5. The summed E-state index contributed by atoms with van der Waals surface area (Å²) in [6.07, 6.45) is 1.73. The second kappa shape index (κ2) is 9.53. The maximum Gasteiger partial charge on any atom is 0.253 e. The molecule has 1 atom stereocenters. The van der Waals surface area contributed by atoms with E-state index in [0.29, 0.717) is 18.7 Å². The fourth-order valence-electron chi connectivity index (χ4n) is 2.71. The number of rotatable bonds is 5. The maximum absolute atomic E-state index is 12.5. The molecule has 5 nitrogen and oxygen atoms in total. The zero-order valence-electron chi connectivity index (χ0n) is 13.8. The first-order valence-electron chi connectivity index (χ1n) is 7.90. The van der Waals surface area contributed by atoms with Crippen LogP contribution in [0, 0.1) is 12.8 Å². The van der Waals surface area contributed by atoms with Crippen LogP contribution < -0.4 is 10.6 Å². The smallest absolute Gasteiger partial charge is 0.253 e. The Labute approximate surface area is 144 Å². The summed E-state index contributed by atoms with van der Waals surface area (Å²) in [6, 6.07) is 7.60. The molecule has 1 aromatic rings. The highest BCUT2D eigenvalue weighted by Gasteiger charge is 2.28. The molecule has 0 bridgehead atoms. The quantitative estimate of drug-likeness (QED) is 0.801. The van der Waals surface area contributed by atoms with Crippen molar-refractivity contribution in [3.8, 4) is 0 Å². The molecule has 6 heteroatoms. The topological polar surface area (TPSA) is 61.4 Å². The van der Waals surface area contributed by atoms with Crippen LogP contribution in [-0.4, -0.2) is 49.9 Å². The first-order valence-corrected chi connectivity index (χ1v) is 7.90. The Morgan fingerprint density at radius 2 is 1.91 bits per heavy atom. The molecule has 1 aliphatic heterocycles. The molecule has 128 valence electrons. The molecule has 2 rings (SSSR count). The van der Waals surface area contributed by atoms with Gasteiger partial charge in [0.05, 0.1) is 5.92 Å². The number of piperidine rings is 1. The lowest BCUT2D eigenvalue weighted by Gasteiger charge is -2.32. The first kappa shape index (κ1) is 19.5. The normalized spacial score (nSPS) is 17.3. The van der Waals surface area contributed by atoms with Crippen LogP contribution in [0.15, 0.2) is 24.3 Å². The lowest BCUT2D eigenvalue weighted by molar-refractivity contribution is -0.126. The number of carbonyl (C=O) groups excluding carboxylic acids is 2. The molecule has 23 heavy (non-hydrogen) atoms. The van der Waals surface area contributed by atoms with Crippen LogP contribution in [0.25, 0.3) is 0 Å². The standard InChI is InChI=1S/C17H25N3O2.ClH/c1-13-5-7-14(8-6-13)17(22)20-11-3-4-15(12-20)16(21)19-10-9-18-2;/h5-8,15,18H,3-4,9-12H2,1-2H3,(H,19,21);1H. The number of nitrogens with zero attached hydrogens (tertiary/aromatic N) is 1. The molecule has 2 amide bonds. The van der Waals surface area contributed by atoms with Crippen LogP contribution in [0.3, 0.4) is 0 Å². The van der Waals surface area contributed by atoms with Crippen LogP contribution in [0.4, 0.5) is 0 Å². The third-order valence-electron chi connectivity index (χ3n) is 4.05. The van der Waals surface area contributed by atoms with E-state index in [1.807, 2.05) is 38.2 Å². The van der Waals surface area contributed by atoms with Gasteiger partial charge < -0.3 is 15.5 Å². The van der Waals surface area contributed by atoms with Crippen molar-refractivity contribution in [2.24, 2.45) is 5.92 Å². The van der Waals surface area contributed by atoms with Crippen molar-refractivity contribution in [1.29, 1.82) is 0 Å². The average Bonchev–Trinajstić information content (AvgIpc) is 2.55. The van der Waals surface area contributed by atoms with E-state index in [0.717, 1.165) is 31.5 Å². The van der Waals surface area contributed by atoms with Gasteiger partial charge in [-0.2, -0.15) is 0 Å². The summed E-state index contributed by atoms with van der Waals surface area (Å²) in [7, 11) is 1.86. The Morgan fingerprint density at radius 1 is 1.22 bits per heavy atom. The van der Waals surface area contributed by atoms with Gasteiger partial charge >= 0.3 is 0 Å². The molecule has 1 unspecified atom stereocenters. The fraction of sp³-hybridized carbons (Fsp3) is 0.529. The number of aryl methyl sites for hydroxylation is 1. The number of halogens is 1. The molecule has 0 spiro atoms. The minimum Gasteiger partial charge on any atom is -0.355 e. The third kappa shape index (κ3) is 5.52. The van der Waals surface area contributed by atoms with Crippen molar-refractivity contribution in [3.05, 3.63) is 35.4 Å². The molecule has 1 heterocycles. The lowest BCUT2D eigenvalue weighted by atomic mass is 9.96. The van der Waals surface area contributed by atoms with Gasteiger partial charge in [0.1, 0.15) is 0 Å². The average molecular weight is 340 g/mol. The summed E-state index contributed by atoms with van der Waals surface area (Å²) in [5.74, 6) is -0.0237. The van der Waals surface area contributed by atoms with E-state index >= 15 is 0 Å². The summed E-state index contributed by atoms with van der Waals surface area (Å²) < 4.78 is 0. The number of carbonyl (C=O) groups is 2. The van der Waals surface area contributed by atoms with Crippen LogP contribution in [0.5, 0.6) is 0 Å². The Morgan fingerprint density at radius 3 is 2.57 bits per heavy atom. The molecule has 2 N–H and O–H groups in total. The van der Waals surface area contributed by atoms with Crippen molar-refractivity contribution in [1.82, 2.24) is 15.5 Å². The Hall–Kier alpha value is -1.59. The molecular formula is C17H26ClN3O2. The first-order chi connectivity index (χ1) is 10.6. The van der Waals surface area contributed by atoms with Crippen molar-refractivity contribution in [2.45, 2.75) is 19.8 Å². The molecule has 0 aliphatic carbocycles. The summed E-state index contributed by atoms with van der Waals surface area (Å²) in [4.78, 5) is 26.5. The van der Waals surface area contributed by atoms with E-state index in [9.17, 15) is 9.59 Å². The van der Waals surface area contributed by atoms with Crippen LogP contribution in [0.2, 0.25) is 0 Å². The summed E-state index contributed by atoms with van der Waals surface area (Å²) in [6.45, 7) is 4.62. The van der Waals surface area contributed by atoms with Gasteiger partial charge in [-0.3, -0.25) is 9.59 Å². The zero-order chi connectivity index (χ0) is 15.9. The monoisotopic (exact) mass is 339 g/mol. The Balaban J connectivity index is 0.00000264. The van der Waals surface area contributed by atoms with Gasteiger partial charge in [-0.05, 0) is 38.9 Å². The SMILES string of the molecule is CNCCNC(=O)C1CCCN(C(=O)c2ccc(C)cc2)C1.Cl. The van der Waals surface area contributed by atoms with Crippen molar-refractivity contribution < 1.29 is 9.59 Å². The molecule has 1 saturated heterocycles. The summed E-state index contributed by atoms with van der Waals surface area (Å²) in [5.41, 5.74) is 1.83. The molecule has 1 aromatic carbocycles. The Bertz CT molecular complexity index is 519. The van der Waals surface area contributed by atoms with Gasteiger partial charge in [-0.15, -0.1) is 12.4 Å². The van der Waals surface area contributed by atoms with Crippen LogP contribution >= 0.6 is 12.4 Å². The van der Waals surface area contributed by atoms with Gasteiger partial charge in [0.2, 0.25) is 5.91 Å². The van der Waals surface area contributed by atoms with Crippen molar-refractivity contribution >= 4 is 24.2 Å². The predicted octanol–water partition coefficient (Wildman–Crippen LogP) is 1.60. The number of benzene rings is 1. The lowest BCUT2D eigenvalue weighted by Crippen LogP contribution is -2.46. The molecule has 1 fully saturated rings. The van der Waals surface area contributed by atoms with Crippen LogP contribution in [-0.2, 0) is 4.79 Å². The molecular weight excluding hydrogens is 314 g/mol.